The molecule has 9 heteroatoms. The molecule has 34 heavy (non-hydrogen) atoms. The third-order valence-electron chi connectivity index (χ3n) is 6.63. The Morgan fingerprint density at radius 3 is 2.38 bits per heavy atom. The SMILES string of the molecule is COc1ccc(Cl)cc1C1(CCC(=O)N2CCN(c3cc(Cl)ccc3C)CC2)NC(=O)CC1=O. The highest BCUT2D eigenvalue weighted by Crippen LogP contribution is 2.40. The molecule has 4 rings (SSSR count). The van der Waals surface area contributed by atoms with Gasteiger partial charge in [0.2, 0.25) is 11.8 Å². The van der Waals surface area contributed by atoms with Crippen LogP contribution in [-0.2, 0) is 19.9 Å². The lowest BCUT2D eigenvalue weighted by Crippen LogP contribution is -2.50. The molecule has 0 aliphatic carbocycles. The number of benzene rings is 2. The molecule has 1 N–H and O–H groups in total. The molecule has 0 spiro atoms. The number of amides is 2. The fraction of sp³-hybridized carbons (Fsp3) is 0.400. The van der Waals surface area contributed by atoms with E-state index in [4.69, 9.17) is 27.9 Å². The van der Waals surface area contributed by atoms with Crippen LogP contribution >= 0.6 is 23.2 Å². The van der Waals surface area contributed by atoms with Gasteiger partial charge >= 0.3 is 0 Å². The Kier molecular flexibility index (Phi) is 7.05. The number of carbonyl (C=O) groups is 3. The molecule has 7 nitrogen and oxygen atoms in total. The number of rotatable bonds is 6. The van der Waals surface area contributed by atoms with Gasteiger partial charge in [-0.25, -0.2) is 0 Å². The Hall–Kier alpha value is -2.77. The van der Waals surface area contributed by atoms with Crippen molar-refractivity contribution in [3.63, 3.8) is 0 Å². The zero-order valence-corrected chi connectivity index (χ0v) is 20.7. The highest BCUT2D eigenvalue weighted by atomic mass is 35.5. The van der Waals surface area contributed by atoms with Gasteiger partial charge in [0.15, 0.2) is 5.78 Å². The number of piperazine rings is 1. The largest absolute Gasteiger partial charge is 0.496 e. The Morgan fingerprint density at radius 1 is 1.06 bits per heavy atom. The first kappa shape index (κ1) is 24.4. The van der Waals surface area contributed by atoms with Crippen LogP contribution in [0, 0.1) is 6.92 Å². The normalized spacial score (nSPS) is 20.5. The van der Waals surface area contributed by atoms with Crippen molar-refractivity contribution in [2.24, 2.45) is 0 Å². The van der Waals surface area contributed by atoms with E-state index >= 15 is 0 Å². The highest BCUT2D eigenvalue weighted by molar-refractivity contribution is 6.31. The van der Waals surface area contributed by atoms with Crippen molar-refractivity contribution < 1.29 is 19.1 Å². The zero-order valence-electron chi connectivity index (χ0n) is 19.2. The predicted octanol–water partition coefficient (Wildman–Crippen LogP) is 3.72. The summed E-state index contributed by atoms with van der Waals surface area (Å²) in [6.45, 7) is 4.56. The summed E-state index contributed by atoms with van der Waals surface area (Å²) in [7, 11) is 1.49. The van der Waals surface area contributed by atoms with Gasteiger partial charge < -0.3 is 19.9 Å². The van der Waals surface area contributed by atoms with E-state index in [2.05, 4.69) is 10.2 Å². The van der Waals surface area contributed by atoms with Gasteiger partial charge in [0, 0.05) is 53.9 Å². The average Bonchev–Trinajstić information content (AvgIpc) is 3.12. The van der Waals surface area contributed by atoms with Crippen molar-refractivity contribution >= 4 is 46.5 Å². The summed E-state index contributed by atoms with van der Waals surface area (Å²) < 4.78 is 5.44. The van der Waals surface area contributed by atoms with Crippen LogP contribution in [0.4, 0.5) is 5.69 Å². The maximum absolute atomic E-state index is 13.1. The lowest BCUT2D eigenvalue weighted by molar-refractivity contribution is -0.132. The third kappa shape index (κ3) is 4.72. The van der Waals surface area contributed by atoms with E-state index in [9.17, 15) is 14.4 Å². The number of Topliss-reactive ketones (excluding diaryl/α,β-unsaturated/α-hetero) is 1. The number of ketones is 1. The topological polar surface area (TPSA) is 79.0 Å². The van der Waals surface area contributed by atoms with Gasteiger partial charge in [-0.15, -0.1) is 0 Å². The van der Waals surface area contributed by atoms with Crippen molar-refractivity contribution in [3.05, 3.63) is 57.6 Å². The lowest BCUT2D eigenvalue weighted by atomic mass is 9.82. The second-order valence-corrected chi connectivity index (χ2v) is 9.57. The van der Waals surface area contributed by atoms with E-state index in [1.807, 2.05) is 25.1 Å². The van der Waals surface area contributed by atoms with Gasteiger partial charge in [0.1, 0.15) is 11.3 Å². The number of nitrogens with zero attached hydrogens (tertiary/aromatic N) is 2. The molecule has 1 unspecified atom stereocenters. The molecule has 0 bridgehead atoms. The minimum absolute atomic E-state index is 0.0585. The summed E-state index contributed by atoms with van der Waals surface area (Å²) in [5.41, 5.74) is 1.36. The molecular weight excluding hydrogens is 477 g/mol. The number of hydrogen-bond acceptors (Lipinski definition) is 5. The maximum atomic E-state index is 13.1. The fourth-order valence-electron chi connectivity index (χ4n) is 4.79. The lowest BCUT2D eigenvalue weighted by Gasteiger charge is -2.37. The predicted molar refractivity (Wildman–Crippen MR) is 132 cm³/mol. The first-order chi connectivity index (χ1) is 16.2. The smallest absolute Gasteiger partial charge is 0.228 e. The molecule has 2 amide bonds. The number of ether oxygens (including phenoxy) is 1. The first-order valence-electron chi connectivity index (χ1n) is 11.2. The van der Waals surface area contributed by atoms with Gasteiger partial charge in [-0.2, -0.15) is 0 Å². The Balaban J connectivity index is 1.47. The van der Waals surface area contributed by atoms with Crippen LogP contribution in [0.5, 0.6) is 5.75 Å². The highest BCUT2D eigenvalue weighted by Gasteiger charge is 2.49. The molecule has 2 fully saturated rings. The van der Waals surface area contributed by atoms with Gasteiger partial charge in [-0.05, 0) is 49.2 Å². The summed E-state index contributed by atoms with van der Waals surface area (Å²) >= 11 is 12.4. The second-order valence-electron chi connectivity index (χ2n) is 8.70. The Bertz CT molecular complexity index is 1130. The van der Waals surface area contributed by atoms with Crippen molar-refractivity contribution in [1.29, 1.82) is 0 Å². The van der Waals surface area contributed by atoms with Crippen molar-refractivity contribution in [1.82, 2.24) is 10.2 Å². The van der Waals surface area contributed by atoms with E-state index in [0.29, 0.717) is 47.5 Å². The second kappa shape index (κ2) is 9.84. The van der Waals surface area contributed by atoms with Crippen LogP contribution in [0.2, 0.25) is 10.0 Å². The standard InChI is InChI=1S/C25H27Cl2N3O4/c1-16-3-4-18(27)14-20(16)29-9-11-30(12-10-29)24(33)7-8-25(22(31)15-23(32)28-25)19-13-17(26)5-6-21(19)34-2/h3-6,13-14H,7-12,15H2,1-2H3,(H,28,32). The summed E-state index contributed by atoms with van der Waals surface area (Å²) in [6.07, 6.45) is 0.0140. The molecule has 180 valence electrons. The molecule has 0 saturated carbocycles. The van der Waals surface area contributed by atoms with Crippen LogP contribution in [0.3, 0.4) is 0 Å². The number of anilines is 1. The fourth-order valence-corrected chi connectivity index (χ4v) is 5.13. The van der Waals surface area contributed by atoms with Crippen molar-refractivity contribution in [3.8, 4) is 5.75 Å². The molecule has 2 aliphatic heterocycles. The molecule has 0 aromatic heterocycles. The van der Waals surface area contributed by atoms with E-state index in [1.54, 1.807) is 23.1 Å². The quantitative estimate of drug-likeness (QED) is 0.607. The number of halogens is 2. The molecular formula is C25H27Cl2N3O4. The summed E-state index contributed by atoms with van der Waals surface area (Å²) in [6, 6.07) is 10.8. The Labute approximate surface area is 208 Å². The van der Waals surface area contributed by atoms with Crippen LogP contribution in [0.1, 0.15) is 30.4 Å². The minimum atomic E-state index is -1.33. The van der Waals surface area contributed by atoms with Crippen molar-refractivity contribution in [2.75, 3.05) is 38.2 Å². The number of nitrogens with one attached hydrogen (secondary N) is 1. The summed E-state index contributed by atoms with van der Waals surface area (Å²) in [4.78, 5) is 42.3. The number of aryl methyl sites for hydroxylation is 1. The van der Waals surface area contributed by atoms with Gasteiger partial charge in [0.05, 0.1) is 13.5 Å². The molecule has 2 saturated heterocycles. The van der Waals surface area contributed by atoms with E-state index < -0.39 is 5.54 Å². The molecule has 2 aromatic carbocycles. The van der Waals surface area contributed by atoms with E-state index in [-0.39, 0.29) is 36.9 Å². The number of methoxy groups -OCH3 is 1. The average molecular weight is 504 g/mol. The number of carbonyl (C=O) groups excluding carboxylic acids is 3. The van der Waals surface area contributed by atoms with Crippen LogP contribution in [0.15, 0.2) is 36.4 Å². The van der Waals surface area contributed by atoms with Gasteiger partial charge in [0.25, 0.3) is 0 Å². The van der Waals surface area contributed by atoms with E-state index in [1.165, 1.54) is 7.11 Å². The first-order valence-corrected chi connectivity index (χ1v) is 12.0. The maximum Gasteiger partial charge on any atom is 0.228 e. The third-order valence-corrected chi connectivity index (χ3v) is 7.10. The van der Waals surface area contributed by atoms with Crippen LogP contribution in [-0.4, -0.2) is 55.8 Å². The molecule has 2 aromatic rings. The monoisotopic (exact) mass is 503 g/mol. The summed E-state index contributed by atoms with van der Waals surface area (Å²) in [5.74, 6) is -0.271. The molecule has 2 heterocycles. The zero-order chi connectivity index (χ0) is 24.5. The van der Waals surface area contributed by atoms with Crippen molar-refractivity contribution in [2.45, 2.75) is 31.7 Å². The molecule has 1 atom stereocenters. The van der Waals surface area contributed by atoms with Crippen LogP contribution < -0.4 is 15.0 Å². The minimum Gasteiger partial charge on any atom is -0.496 e. The van der Waals surface area contributed by atoms with Crippen LogP contribution in [0.25, 0.3) is 0 Å². The molecule has 2 aliphatic rings. The Morgan fingerprint density at radius 2 is 1.74 bits per heavy atom. The molecule has 0 radical (unpaired) electrons. The van der Waals surface area contributed by atoms with E-state index in [0.717, 1.165) is 11.3 Å². The summed E-state index contributed by atoms with van der Waals surface area (Å²) in [5, 5.41) is 3.92. The number of hydrogen-bond donors (Lipinski definition) is 1. The van der Waals surface area contributed by atoms with Gasteiger partial charge in [-0.3, -0.25) is 14.4 Å². The van der Waals surface area contributed by atoms with Gasteiger partial charge in [-0.1, -0.05) is 29.3 Å².